The monoisotopic (exact) mass is 318 g/mol. The van der Waals surface area contributed by atoms with E-state index in [0.29, 0.717) is 19.7 Å². The molecular weight excluding hydrogens is 300 g/mol. The molecule has 116 valence electrons. The zero-order valence-corrected chi connectivity index (χ0v) is 13.3. The molecule has 0 saturated carbocycles. The Kier molecular flexibility index (Phi) is 4.74. The molecule has 0 bridgehead atoms. The van der Waals surface area contributed by atoms with Crippen LogP contribution in [-0.2, 0) is 11.2 Å². The summed E-state index contributed by atoms with van der Waals surface area (Å²) < 4.78 is 5.78. The van der Waals surface area contributed by atoms with Crippen LogP contribution in [0.25, 0.3) is 0 Å². The highest BCUT2D eigenvalue weighted by Gasteiger charge is 2.26. The van der Waals surface area contributed by atoms with Crippen molar-refractivity contribution < 1.29 is 9.53 Å². The first kappa shape index (κ1) is 15.1. The van der Waals surface area contributed by atoms with Crippen LogP contribution in [0.15, 0.2) is 24.1 Å². The van der Waals surface area contributed by atoms with E-state index in [4.69, 9.17) is 4.74 Å². The van der Waals surface area contributed by atoms with Crippen molar-refractivity contribution in [1.82, 2.24) is 19.9 Å². The van der Waals surface area contributed by atoms with Crippen LogP contribution < -0.4 is 0 Å². The summed E-state index contributed by atoms with van der Waals surface area (Å²) in [5.74, 6) is 0.0651. The van der Waals surface area contributed by atoms with Crippen LogP contribution in [0.5, 0.6) is 0 Å². The average Bonchev–Trinajstić information content (AvgIpc) is 2.99. The summed E-state index contributed by atoms with van der Waals surface area (Å²) in [6.45, 7) is 3.72. The minimum atomic E-state index is 0.0564. The van der Waals surface area contributed by atoms with E-state index in [9.17, 15) is 4.79 Å². The molecule has 1 atom stereocenters. The van der Waals surface area contributed by atoms with E-state index in [2.05, 4.69) is 15.0 Å². The molecule has 3 heterocycles. The lowest BCUT2D eigenvalue weighted by atomic mass is 10.1. The third-order valence-electron chi connectivity index (χ3n) is 3.73. The largest absolute Gasteiger partial charge is 0.375 e. The quantitative estimate of drug-likeness (QED) is 0.858. The number of ether oxygens (including phenoxy) is 1. The topological polar surface area (TPSA) is 68.2 Å². The number of nitrogens with zero attached hydrogens (tertiary/aromatic N) is 4. The lowest BCUT2D eigenvalue weighted by Crippen LogP contribution is -2.45. The van der Waals surface area contributed by atoms with Gasteiger partial charge in [0, 0.05) is 25.0 Å². The molecule has 1 saturated heterocycles. The average molecular weight is 318 g/mol. The summed E-state index contributed by atoms with van der Waals surface area (Å²) in [7, 11) is 0. The van der Waals surface area contributed by atoms with Crippen molar-refractivity contribution in [2.75, 3.05) is 19.7 Å². The summed E-state index contributed by atoms with van der Waals surface area (Å²) in [5, 5.41) is 0. The first-order valence-corrected chi connectivity index (χ1v) is 8.18. The maximum Gasteiger partial charge on any atom is 0.266 e. The highest BCUT2D eigenvalue weighted by molar-refractivity contribution is 7.11. The van der Waals surface area contributed by atoms with Crippen molar-refractivity contribution in [3.05, 3.63) is 40.4 Å². The summed E-state index contributed by atoms with van der Waals surface area (Å²) in [5.41, 5.74) is 3.52. The minimum absolute atomic E-state index is 0.0564. The van der Waals surface area contributed by atoms with Gasteiger partial charge in [0.05, 0.1) is 23.9 Å². The second kappa shape index (κ2) is 6.93. The van der Waals surface area contributed by atoms with E-state index < -0.39 is 0 Å². The van der Waals surface area contributed by atoms with E-state index >= 15 is 0 Å². The molecule has 6 nitrogen and oxygen atoms in total. The van der Waals surface area contributed by atoms with Gasteiger partial charge in [0.1, 0.15) is 11.2 Å². The molecule has 2 aromatic heterocycles. The molecule has 1 aliphatic rings. The van der Waals surface area contributed by atoms with E-state index in [1.807, 2.05) is 17.9 Å². The fourth-order valence-corrected chi connectivity index (χ4v) is 3.27. The second-order valence-corrected chi connectivity index (χ2v) is 6.11. The predicted molar refractivity (Wildman–Crippen MR) is 82.8 cm³/mol. The number of hydrogen-bond donors (Lipinski definition) is 0. The zero-order valence-electron chi connectivity index (χ0n) is 12.4. The lowest BCUT2D eigenvalue weighted by Gasteiger charge is -2.32. The maximum absolute atomic E-state index is 12.5. The number of thiazole rings is 1. The molecule has 1 unspecified atom stereocenters. The fraction of sp³-hybridized carbons (Fsp3) is 0.467. The number of morpholine rings is 1. The van der Waals surface area contributed by atoms with Gasteiger partial charge >= 0.3 is 0 Å². The van der Waals surface area contributed by atoms with Crippen molar-refractivity contribution in [3.8, 4) is 0 Å². The van der Waals surface area contributed by atoms with Crippen LogP contribution in [-0.4, -0.2) is 51.6 Å². The smallest absolute Gasteiger partial charge is 0.266 e. The SMILES string of the molecule is Cc1ncsc1C(=O)N1CCOC(CCc2ccncn2)C1. The molecule has 2 aromatic rings. The Morgan fingerprint density at radius 3 is 3.14 bits per heavy atom. The number of aryl methyl sites for hydroxylation is 2. The van der Waals surface area contributed by atoms with E-state index in [1.54, 1.807) is 18.0 Å². The Labute approximate surface area is 133 Å². The van der Waals surface area contributed by atoms with Crippen LogP contribution in [0.4, 0.5) is 0 Å². The normalized spacial score (nSPS) is 18.4. The van der Waals surface area contributed by atoms with Gasteiger partial charge in [0.15, 0.2) is 0 Å². The minimum Gasteiger partial charge on any atom is -0.375 e. The van der Waals surface area contributed by atoms with E-state index in [-0.39, 0.29) is 12.0 Å². The van der Waals surface area contributed by atoms with Gasteiger partial charge in [-0.3, -0.25) is 4.79 Å². The van der Waals surface area contributed by atoms with Gasteiger partial charge in [-0.15, -0.1) is 11.3 Å². The molecule has 0 aliphatic carbocycles. The molecular formula is C15H18N4O2S. The van der Waals surface area contributed by atoms with Gasteiger partial charge < -0.3 is 9.64 Å². The van der Waals surface area contributed by atoms with E-state index in [1.165, 1.54) is 11.3 Å². The van der Waals surface area contributed by atoms with Crippen molar-refractivity contribution in [2.45, 2.75) is 25.9 Å². The Bertz CT molecular complexity index is 631. The molecule has 0 aromatic carbocycles. The molecule has 3 rings (SSSR count). The fourth-order valence-electron chi connectivity index (χ4n) is 2.50. The highest BCUT2D eigenvalue weighted by atomic mass is 32.1. The number of aromatic nitrogens is 3. The zero-order chi connectivity index (χ0) is 15.4. The number of carbonyl (C=O) groups excluding carboxylic acids is 1. The van der Waals surface area contributed by atoms with E-state index in [0.717, 1.165) is 29.1 Å². The predicted octanol–water partition coefficient (Wildman–Crippen LogP) is 1.72. The first-order valence-electron chi connectivity index (χ1n) is 7.30. The van der Waals surface area contributed by atoms with Gasteiger partial charge in [-0.05, 0) is 25.8 Å². The summed E-state index contributed by atoms with van der Waals surface area (Å²) in [6.07, 6.45) is 5.03. The molecule has 1 fully saturated rings. The molecule has 1 amide bonds. The number of amides is 1. The summed E-state index contributed by atoms with van der Waals surface area (Å²) in [4.78, 5) is 27.4. The Hall–Kier alpha value is -1.86. The standard InChI is InChI=1S/C15H18N4O2S/c1-11-14(22-10-18-11)15(20)19-6-7-21-13(8-19)3-2-12-4-5-16-9-17-12/h4-5,9-10,13H,2-3,6-8H2,1H3. The van der Waals surface area contributed by atoms with Crippen molar-refractivity contribution >= 4 is 17.2 Å². The van der Waals surface area contributed by atoms with Crippen LogP contribution in [0.3, 0.4) is 0 Å². The van der Waals surface area contributed by atoms with Crippen molar-refractivity contribution in [2.24, 2.45) is 0 Å². The highest BCUT2D eigenvalue weighted by Crippen LogP contribution is 2.18. The number of carbonyl (C=O) groups is 1. The van der Waals surface area contributed by atoms with Gasteiger partial charge in [0.2, 0.25) is 0 Å². The van der Waals surface area contributed by atoms with Crippen molar-refractivity contribution in [3.63, 3.8) is 0 Å². The third-order valence-corrected chi connectivity index (χ3v) is 4.65. The summed E-state index contributed by atoms with van der Waals surface area (Å²) >= 11 is 1.40. The van der Waals surface area contributed by atoms with Crippen LogP contribution in [0.2, 0.25) is 0 Å². The van der Waals surface area contributed by atoms with Crippen LogP contribution in [0.1, 0.15) is 27.5 Å². The third kappa shape index (κ3) is 3.48. The van der Waals surface area contributed by atoms with Gasteiger partial charge in [0.25, 0.3) is 5.91 Å². The van der Waals surface area contributed by atoms with Gasteiger partial charge in [-0.1, -0.05) is 0 Å². The molecule has 1 aliphatic heterocycles. The van der Waals surface area contributed by atoms with Crippen LogP contribution in [0, 0.1) is 6.92 Å². The molecule has 7 heteroatoms. The Morgan fingerprint density at radius 1 is 1.50 bits per heavy atom. The molecule has 0 N–H and O–H groups in total. The maximum atomic E-state index is 12.5. The van der Waals surface area contributed by atoms with Gasteiger partial charge in [-0.25, -0.2) is 15.0 Å². The first-order chi connectivity index (χ1) is 10.7. The molecule has 0 spiro atoms. The lowest BCUT2D eigenvalue weighted by molar-refractivity contribution is -0.0245. The molecule has 22 heavy (non-hydrogen) atoms. The van der Waals surface area contributed by atoms with Crippen LogP contribution >= 0.6 is 11.3 Å². The Morgan fingerprint density at radius 2 is 2.41 bits per heavy atom. The number of hydrogen-bond acceptors (Lipinski definition) is 6. The Balaban J connectivity index is 1.57. The molecule has 0 radical (unpaired) electrons. The summed E-state index contributed by atoms with van der Waals surface area (Å²) in [6, 6.07) is 1.91. The van der Waals surface area contributed by atoms with Gasteiger partial charge in [-0.2, -0.15) is 0 Å². The number of rotatable bonds is 4. The van der Waals surface area contributed by atoms with Crippen molar-refractivity contribution in [1.29, 1.82) is 0 Å². The second-order valence-electron chi connectivity index (χ2n) is 5.25.